The predicted molar refractivity (Wildman–Crippen MR) is 162 cm³/mol. The number of phenolic OH excluding ortho intramolecular Hbond substituents is 1. The number of ether oxygens (including phenoxy) is 1. The lowest BCUT2D eigenvalue weighted by Gasteiger charge is -2.23. The van der Waals surface area contributed by atoms with Crippen LogP contribution in [0.2, 0.25) is 0 Å². The van der Waals surface area contributed by atoms with E-state index in [1.54, 1.807) is 31.2 Å². The highest BCUT2D eigenvalue weighted by molar-refractivity contribution is 8.00. The molecule has 2 N–H and O–H groups in total. The number of carbonyl (C=O) groups excluding carboxylic acids is 2. The first-order valence-corrected chi connectivity index (χ1v) is 14.9. The second-order valence-electron chi connectivity index (χ2n) is 9.34. The van der Waals surface area contributed by atoms with Crippen LogP contribution in [0.5, 0.6) is 11.5 Å². The van der Waals surface area contributed by atoms with Gasteiger partial charge in [0, 0.05) is 23.7 Å². The molecule has 42 heavy (non-hydrogen) atoms. The summed E-state index contributed by atoms with van der Waals surface area (Å²) in [6.07, 6.45) is 2.97. The summed E-state index contributed by atoms with van der Waals surface area (Å²) in [5, 5.41) is 32.7. The van der Waals surface area contributed by atoms with Gasteiger partial charge in [-0.1, -0.05) is 71.6 Å². The van der Waals surface area contributed by atoms with E-state index in [1.807, 2.05) is 18.2 Å². The van der Waals surface area contributed by atoms with Gasteiger partial charge in [0.1, 0.15) is 5.76 Å². The fourth-order valence-corrected chi connectivity index (χ4v) is 6.77. The zero-order chi connectivity index (χ0) is 29.2. The molecule has 1 aliphatic heterocycles. The second-order valence-corrected chi connectivity index (χ2v) is 11.5. The average Bonchev–Trinajstić information content (AvgIpc) is 3.59. The molecule has 1 unspecified atom stereocenters. The van der Waals surface area contributed by atoms with E-state index in [0.29, 0.717) is 27.8 Å². The van der Waals surface area contributed by atoms with Gasteiger partial charge in [-0.05, 0) is 53.1 Å². The van der Waals surface area contributed by atoms with E-state index < -0.39 is 17.7 Å². The van der Waals surface area contributed by atoms with Crippen LogP contribution in [0.1, 0.15) is 29.7 Å². The van der Waals surface area contributed by atoms with Gasteiger partial charge in [-0.15, -0.1) is 10.2 Å². The number of benzene rings is 3. The lowest BCUT2D eigenvalue weighted by atomic mass is 9.95. The Morgan fingerprint density at radius 3 is 2.62 bits per heavy atom. The third-order valence-corrected chi connectivity index (χ3v) is 8.94. The minimum Gasteiger partial charge on any atom is -0.507 e. The maximum absolute atomic E-state index is 13.5. The van der Waals surface area contributed by atoms with Crippen LogP contribution in [-0.4, -0.2) is 43.7 Å². The SMILES string of the molecule is CCOc1cc(C2C(=C(O)c3ccncc3)C(=O)C(=O)N2c2nnc(SCc3cccc4ccccc34)s2)ccc1O. The molecule has 6 rings (SSSR count). The first-order valence-electron chi connectivity index (χ1n) is 13.1. The lowest BCUT2D eigenvalue weighted by Crippen LogP contribution is -2.29. The molecule has 2 aromatic heterocycles. The second kappa shape index (κ2) is 11.6. The van der Waals surface area contributed by atoms with Crippen LogP contribution in [0, 0.1) is 0 Å². The largest absolute Gasteiger partial charge is 0.507 e. The standard InChI is InChI=1S/C31H24N4O5S2/c1-2-40-24-16-20(10-11-23(24)36)26-25(27(37)19-12-14-32-15-13-19)28(38)29(39)35(26)30-33-34-31(42-30)41-17-21-8-5-7-18-6-3-4-9-22(18)21/h3-16,26,36-37H,2,17H2,1H3. The summed E-state index contributed by atoms with van der Waals surface area (Å²) < 4.78 is 6.19. The summed E-state index contributed by atoms with van der Waals surface area (Å²) in [6, 6.07) is 20.9. The summed E-state index contributed by atoms with van der Waals surface area (Å²) in [7, 11) is 0. The number of fused-ring (bicyclic) bond motifs is 1. The fourth-order valence-electron chi connectivity index (χ4n) is 4.90. The molecule has 3 aromatic carbocycles. The Morgan fingerprint density at radius 1 is 1.02 bits per heavy atom. The van der Waals surface area contributed by atoms with E-state index in [-0.39, 0.29) is 28.0 Å². The van der Waals surface area contributed by atoms with Gasteiger partial charge in [-0.25, -0.2) is 0 Å². The average molecular weight is 597 g/mol. The summed E-state index contributed by atoms with van der Waals surface area (Å²) in [4.78, 5) is 32.2. The van der Waals surface area contributed by atoms with E-state index in [4.69, 9.17) is 4.74 Å². The Labute approximate surface area is 249 Å². The number of Topliss-reactive ketones (excluding diaryl/α,β-unsaturated/α-hetero) is 1. The molecule has 1 atom stereocenters. The highest BCUT2D eigenvalue weighted by Crippen LogP contribution is 2.45. The van der Waals surface area contributed by atoms with Crippen LogP contribution in [-0.2, 0) is 15.3 Å². The third-order valence-electron chi connectivity index (χ3n) is 6.83. The van der Waals surface area contributed by atoms with Gasteiger partial charge >= 0.3 is 5.91 Å². The Balaban J connectivity index is 1.39. The number of anilines is 1. The van der Waals surface area contributed by atoms with Crippen molar-refractivity contribution in [1.29, 1.82) is 0 Å². The molecule has 0 radical (unpaired) electrons. The van der Waals surface area contributed by atoms with Crippen molar-refractivity contribution in [3.05, 3.63) is 107 Å². The van der Waals surface area contributed by atoms with Gasteiger partial charge in [0.2, 0.25) is 5.13 Å². The summed E-state index contributed by atoms with van der Waals surface area (Å²) in [5.74, 6) is -1.31. The topological polar surface area (TPSA) is 126 Å². The molecular formula is C31H24N4O5S2. The molecule has 1 aliphatic rings. The molecule has 3 heterocycles. The first-order chi connectivity index (χ1) is 20.5. The van der Waals surface area contributed by atoms with Crippen molar-refractivity contribution in [2.24, 2.45) is 0 Å². The van der Waals surface area contributed by atoms with Crippen molar-refractivity contribution in [3.8, 4) is 11.5 Å². The number of carbonyl (C=O) groups is 2. The van der Waals surface area contributed by atoms with Gasteiger partial charge in [0.15, 0.2) is 15.8 Å². The molecule has 9 nitrogen and oxygen atoms in total. The lowest BCUT2D eigenvalue weighted by molar-refractivity contribution is -0.132. The zero-order valence-electron chi connectivity index (χ0n) is 22.3. The Morgan fingerprint density at radius 2 is 1.81 bits per heavy atom. The number of aliphatic hydroxyl groups excluding tert-OH is 1. The number of hydrogen-bond donors (Lipinski definition) is 2. The minimum atomic E-state index is -1.04. The molecule has 1 amide bonds. The number of hydrogen-bond acceptors (Lipinski definition) is 10. The van der Waals surface area contributed by atoms with Crippen LogP contribution < -0.4 is 9.64 Å². The van der Waals surface area contributed by atoms with Crippen molar-refractivity contribution in [1.82, 2.24) is 15.2 Å². The number of aromatic hydroxyl groups is 1. The van der Waals surface area contributed by atoms with Gasteiger partial charge in [0.05, 0.1) is 18.2 Å². The van der Waals surface area contributed by atoms with Crippen molar-refractivity contribution < 1.29 is 24.5 Å². The molecule has 11 heteroatoms. The fraction of sp³-hybridized carbons (Fsp3) is 0.129. The van der Waals surface area contributed by atoms with E-state index >= 15 is 0 Å². The number of ketones is 1. The highest BCUT2D eigenvalue weighted by atomic mass is 32.2. The predicted octanol–water partition coefficient (Wildman–Crippen LogP) is 6.11. The Bertz CT molecular complexity index is 1830. The van der Waals surface area contributed by atoms with Gasteiger partial charge in [-0.2, -0.15) is 0 Å². The number of phenols is 1. The molecule has 1 saturated heterocycles. The van der Waals surface area contributed by atoms with Crippen LogP contribution in [0.15, 0.2) is 95.1 Å². The van der Waals surface area contributed by atoms with Crippen LogP contribution >= 0.6 is 23.1 Å². The summed E-state index contributed by atoms with van der Waals surface area (Å²) in [5.41, 5.74) is 1.81. The van der Waals surface area contributed by atoms with Crippen molar-refractivity contribution in [2.45, 2.75) is 23.1 Å². The van der Waals surface area contributed by atoms with Gasteiger partial charge in [0.25, 0.3) is 5.78 Å². The summed E-state index contributed by atoms with van der Waals surface area (Å²) in [6.45, 7) is 2.07. The van der Waals surface area contributed by atoms with E-state index in [1.165, 1.54) is 46.5 Å². The molecule has 0 bridgehead atoms. The molecule has 5 aromatic rings. The Hall–Kier alpha value is -4.74. The molecule has 1 fully saturated rings. The maximum atomic E-state index is 13.5. The number of rotatable bonds is 8. The number of aliphatic hydroxyl groups is 1. The van der Waals surface area contributed by atoms with Crippen LogP contribution in [0.3, 0.4) is 0 Å². The molecular weight excluding hydrogens is 572 g/mol. The third kappa shape index (κ3) is 5.08. The zero-order valence-corrected chi connectivity index (χ0v) is 23.9. The van der Waals surface area contributed by atoms with E-state index in [2.05, 4.69) is 39.4 Å². The number of thioether (sulfide) groups is 1. The number of aromatic nitrogens is 3. The van der Waals surface area contributed by atoms with E-state index in [9.17, 15) is 19.8 Å². The Kier molecular flexibility index (Phi) is 7.60. The van der Waals surface area contributed by atoms with Gasteiger partial charge < -0.3 is 14.9 Å². The summed E-state index contributed by atoms with van der Waals surface area (Å²) >= 11 is 2.67. The normalized spacial score (nSPS) is 16.3. The van der Waals surface area contributed by atoms with Gasteiger partial charge in [-0.3, -0.25) is 19.5 Å². The molecule has 0 saturated carbocycles. The smallest absolute Gasteiger partial charge is 0.301 e. The quantitative estimate of drug-likeness (QED) is 0.0717. The van der Waals surface area contributed by atoms with Crippen molar-refractivity contribution in [3.63, 3.8) is 0 Å². The molecule has 0 spiro atoms. The first kappa shape index (κ1) is 27.4. The maximum Gasteiger partial charge on any atom is 0.301 e. The molecule has 210 valence electrons. The van der Waals surface area contributed by atoms with Crippen LogP contribution in [0.4, 0.5) is 5.13 Å². The van der Waals surface area contributed by atoms with E-state index in [0.717, 1.165) is 16.3 Å². The number of pyridine rings is 1. The highest BCUT2D eigenvalue weighted by Gasteiger charge is 2.48. The molecule has 0 aliphatic carbocycles. The van der Waals surface area contributed by atoms with Crippen molar-refractivity contribution >= 4 is 56.5 Å². The van der Waals surface area contributed by atoms with Crippen LogP contribution in [0.25, 0.3) is 16.5 Å². The van der Waals surface area contributed by atoms with Crippen molar-refractivity contribution in [2.75, 3.05) is 11.5 Å². The monoisotopic (exact) mass is 596 g/mol. The minimum absolute atomic E-state index is 0.0882. The number of nitrogens with zero attached hydrogens (tertiary/aromatic N) is 4. The number of amides is 1.